The summed E-state index contributed by atoms with van der Waals surface area (Å²) >= 11 is 1.32. The van der Waals surface area contributed by atoms with Crippen LogP contribution in [0.2, 0.25) is 0 Å². The average molecular weight is 707 g/mol. The minimum atomic E-state index is -1.32. The van der Waals surface area contributed by atoms with Crippen molar-refractivity contribution in [2.75, 3.05) is 45.2 Å². The van der Waals surface area contributed by atoms with Gasteiger partial charge in [0.15, 0.2) is 11.5 Å². The van der Waals surface area contributed by atoms with Crippen molar-refractivity contribution in [3.05, 3.63) is 113 Å². The molecule has 1 aliphatic rings. The Bertz CT molecular complexity index is 2060. The normalized spacial score (nSPS) is 12.6. The second-order valence-electron chi connectivity index (χ2n) is 11.3. The topological polar surface area (TPSA) is 137 Å². The van der Waals surface area contributed by atoms with Gasteiger partial charge in [-0.25, -0.2) is 4.98 Å². The number of para-hydroxylation sites is 1. The lowest BCUT2D eigenvalue weighted by molar-refractivity contribution is -0.139. The van der Waals surface area contributed by atoms with Crippen LogP contribution in [0.15, 0.2) is 96.4 Å². The fraction of sp³-hybridized carbons (Fsp3) is 0.184. The van der Waals surface area contributed by atoms with Gasteiger partial charge >= 0.3 is 0 Å². The van der Waals surface area contributed by atoms with Crippen LogP contribution in [0.5, 0.6) is 23.0 Å². The van der Waals surface area contributed by atoms with E-state index in [-0.39, 0.29) is 23.6 Å². The van der Waals surface area contributed by atoms with E-state index in [0.29, 0.717) is 39.1 Å². The van der Waals surface area contributed by atoms with E-state index in [0.717, 1.165) is 10.5 Å². The van der Waals surface area contributed by atoms with E-state index < -0.39 is 36.1 Å². The highest BCUT2D eigenvalue weighted by atomic mass is 32.1. The second-order valence-corrected chi connectivity index (χ2v) is 12.3. The van der Waals surface area contributed by atoms with E-state index in [1.807, 2.05) is 35.7 Å². The van der Waals surface area contributed by atoms with E-state index in [1.165, 1.54) is 44.7 Å². The minimum absolute atomic E-state index is 0.120. The maximum Gasteiger partial charge on any atom is 0.299 e. The molecule has 0 radical (unpaired) electrons. The zero-order valence-electron chi connectivity index (χ0n) is 28.2. The summed E-state index contributed by atoms with van der Waals surface area (Å²) in [6, 6.07) is 24.7. The smallest absolute Gasteiger partial charge is 0.299 e. The van der Waals surface area contributed by atoms with Gasteiger partial charge in [-0.3, -0.25) is 24.1 Å². The number of aromatic nitrogens is 1. The number of hydrogen-bond donors (Lipinski definition) is 1. The van der Waals surface area contributed by atoms with Crippen molar-refractivity contribution in [3.63, 3.8) is 0 Å². The lowest BCUT2D eigenvalue weighted by Crippen LogP contribution is -2.46. The quantitative estimate of drug-likeness (QED) is 0.151. The summed E-state index contributed by atoms with van der Waals surface area (Å²) in [5.41, 5.74) is 2.87. The number of amides is 3. The lowest BCUT2D eigenvalue weighted by atomic mass is 10.0. The molecule has 0 spiro atoms. The molecule has 3 amide bonds. The van der Waals surface area contributed by atoms with Crippen molar-refractivity contribution in [1.82, 2.24) is 9.88 Å². The molecule has 51 heavy (non-hydrogen) atoms. The molecule has 1 N–H and O–H groups in total. The van der Waals surface area contributed by atoms with Crippen LogP contribution in [0, 0.1) is 0 Å². The summed E-state index contributed by atoms with van der Waals surface area (Å²) in [5, 5.41) is 5.32. The monoisotopic (exact) mass is 706 g/mol. The summed E-state index contributed by atoms with van der Waals surface area (Å²) in [6.45, 7) is -0.638. The van der Waals surface area contributed by atoms with Crippen LogP contribution in [0.3, 0.4) is 0 Å². The fourth-order valence-corrected chi connectivity index (χ4v) is 6.64. The summed E-state index contributed by atoms with van der Waals surface area (Å²) in [4.78, 5) is 62.5. The molecule has 0 bridgehead atoms. The van der Waals surface area contributed by atoms with Crippen molar-refractivity contribution in [1.29, 1.82) is 0 Å². The number of methoxy groups -OCH3 is 4. The van der Waals surface area contributed by atoms with Gasteiger partial charge in [0.25, 0.3) is 17.6 Å². The zero-order chi connectivity index (χ0) is 36.1. The molecule has 5 aromatic rings. The molecule has 13 heteroatoms. The highest BCUT2D eigenvalue weighted by Gasteiger charge is 2.40. The number of carbonyl (C=O) groups excluding carboxylic acids is 4. The number of nitrogens with zero attached hydrogens (tertiary/aromatic N) is 3. The number of hydrogen-bond acceptors (Lipinski definition) is 10. The first-order valence-corrected chi connectivity index (χ1v) is 16.6. The number of anilines is 2. The maximum atomic E-state index is 14.6. The van der Waals surface area contributed by atoms with Crippen LogP contribution in [0.25, 0.3) is 11.3 Å². The number of benzene rings is 4. The standard InChI is InChI=1S/C38H34N4O8S/c1-47-26-16-14-25(15-17-26)39-37(45)34(24-18-30(48-2)36(50-4)31(19-24)49-3)42(20-32-40-28(22-51-32)23-10-6-5-7-11-23)33(43)21-41-29-13-9-8-12-27(29)35(44)38(41)46/h5-19,22,34H,20-21H2,1-4H3,(H,39,45)/t34-/m1/s1. The Morgan fingerprint density at radius 1 is 0.843 bits per heavy atom. The van der Waals surface area contributed by atoms with Crippen LogP contribution < -0.4 is 29.2 Å². The number of rotatable bonds is 13. The van der Waals surface area contributed by atoms with Crippen molar-refractivity contribution >= 4 is 46.2 Å². The Morgan fingerprint density at radius 3 is 2.16 bits per heavy atom. The fourth-order valence-electron chi connectivity index (χ4n) is 5.84. The van der Waals surface area contributed by atoms with Gasteiger partial charge in [-0.2, -0.15) is 0 Å². The molecule has 12 nitrogen and oxygen atoms in total. The number of nitrogens with one attached hydrogen (secondary N) is 1. The molecular formula is C38H34N4O8S. The number of carbonyl (C=O) groups is 4. The van der Waals surface area contributed by atoms with Gasteiger partial charge in [0, 0.05) is 16.6 Å². The summed E-state index contributed by atoms with van der Waals surface area (Å²) in [6.07, 6.45) is 0. The first kappa shape index (κ1) is 34.6. The molecule has 0 fully saturated rings. The van der Waals surface area contributed by atoms with Crippen molar-refractivity contribution in [3.8, 4) is 34.3 Å². The molecule has 4 aromatic carbocycles. The Labute approximate surface area is 298 Å². The third kappa shape index (κ3) is 7.10. The summed E-state index contributed by atoms with van der Waals surface area (Å²) < 4.78 is 22.1. The molecule has 0 aliphatic carbocycles. The Balaban J connectivity index is 1.47. The van der Waals surface area contributed by atoms with Gasteiger partial charge in [0.2, 0.25) is 11.7 Å². The highest BCUT2D eigenvalue weighted by molar-refractivity contribution is 7.09. The van der Waals surface area contributed by atoms with Crippen LogP contribution in [-0.4, -0.2) is 68.4 Å². The largest absolute Gasteiger partial charge is 0.497 e. The zero-order valence-corrected chi connectivity index (χ0v) is 29.1. The molecule has 1 atom stereocenters. The predicted molar refractivity (Wildman–Crippen MR) is 192 cm³/mol. The Kier molecular flexibility index (Phi) is 10.3. The van der Waals surface area contributed by atoms with Gasteiger partial charge in [-0.1, -0.05) is 42.5 Å². The van der Waals surface area contributed by atoms with Crippen molar-refractivity contribution in [2.45, 2.75) is 12.6 Å². The number of fused-ring (bicyclic) bond motifs is 1. The predicted octanol–water partition coefficient (Wildman–Crippen LogP) is 5.78. The maximum absolute atomic E-state index is 14.6. The highest BCUT2D eigenvalue weighted by Crippen LogP contribution is 2.42. The molecule has 0 unspecified atom stereocenters. The third-order valence-corrected chi connectivity index (χ3v) is 9.17. The molecule has 0 saturated heterocycles. The first-order chi connectivity index (χ1) is 24.8. The van der Waals surface area contributed by atoms with Crippen LogP contribution >= 0.6 is 11.3 Å². The molecule has 6 rings (SSSR count). The molecule has 2 heterocycles. The first-order valence-electron chi connectivity index (χ1n) is 15.8. The molecule has 260 valence electrons. The van der Waals surface area contributed by atoms with E-state index in [9.17, 15) is 19.2 Å². The van der Waals surface area contributed by atoms with Gasteiger partial charge in [0.1, 0.15) is 23.3 Å². The van der Waals surface area contributed by atoms with Gasteiger partial charge in [0.05, 0.1) is 51.9 Å². The number of ether oxygens (including phenoxy) is 4. The molecular weight excluding hydrogens is 673 g/mol. The third-order valence-electron chi connectivity index (χ3n) is 8.34. The van der Waals surface area contributed by atoms with Crippen LogP contribution in [0.4, 0.5) is 11.4 Å². The number of thiazole rings is 1. The van der Waals surface area contributed by atoms with E-state index in [1.54, 1.807) is 60.7 Å². The molecule has 0 saturated carbocycles. The van der Waals surface area contributed by atoms with Crippen molar-refractivity contribution < 1.29 is 38.1 Å². The van der Waals surface area contributed by atoms with Gasteiger partial charge < -0.3 is 29.2 Å². The van der Waals surface area contributed by atoms with E-state index in [2.05, 4.69) is 5.32 Å². The Hall–Kier alpha value is -6.21. The number of Topliss-reactive ketones (excluding diaryl/α,β-unsaturated/α-hetero) is 1. The summed E-state index contributed by atoms with van der Waals surface area (Å²) in [5.74, 6) is -1.34. The lowest BCUT2D eigenvalue weighted by Gasteiger charge is -2.32. The van der Waals surface area contributed by atoms with Gasteiger partial charge in [-0.15, -0.1) is 11.3 Å². The molecule has 1 aromatic heterocycles. The molecule has 1 aliphatic heterocycles. The van der Waals surface area contributed by atoms with E-state index >= 15 is 0 Å². The number of ketones is 1. The van der Waals surface area contributed by atoms with Crippen molar-refractivity contribution in [2.24, 2.45) is 0 Å². The van der Waals surface area contributed by atoms with Crippen LogP contribution in [0.1, 0.15) is 27.0 Å². The SMILES string of the molecule is COc1ccc(NC(=O)[C@@H](c2cc(OC)c(OC)c(OC)c2)N(Cc2nc(-c3ccccc3)cs2)C(=O)CN2C(=O)C(=O)c3ccccc32)cc1. The van der Waals surface area contributed by atoms with Crippen LogP contribution in [-0.2, 0) is 20.9 Å². The van der Waals surface area contributed by atoms with Gasteiger partial charge in [-0.05, 0) is 54.1 Å². The second kappa shape index (κ2) is 15.1. The Morgan fingerprint density at radius 2 is 1.51 bits per heavy atom. The summed E-state index contributed by atoms with van der Waals surface area (Å²) in [7, 11) is 5.90. The van der Waals surface area contributed by atoms with E-state index in [4.69, 9.17) is 23.9 Å². The minimum Gasteiger partial charge on any atom is -0.497 e. The average Bonchev–Trinajstić information content (AvgIpc) is 3.73.